The van der Waals surface area contributed by atoms with E-state index in [4.69, 9.17) is 0 Å². The Balaban J connectivity index is 2.15. The van der Waals surface area contributed by atoms with E-state index in [0.717, 1.165) is 55.5 Å². The summed E-state index contributed by atoms with van der Waals surface area (Å²) in [6.07, 6.45) is 4.85. The molecule has 1 atom stereocenters. The van der Waals surface area contributed by atoms with Gasteiger partial charge in [0.05, 0.1) is 11.4 Å². The second-order valence-electron chi connectivity index (χ2n) is 5.69. The van der Waals surface area contributed by atoms with Crippen LogP contribution in [0, 0.1) is 0 Å². The SMILES string of the molecule is CCc1cccc(CC)c1NS(=O)(=O)CC1CCCCN1. The fraction of sp³-hybridized carbons (Fsp3) is 0.625. The largest absolute Gasteiger partial charge is 0.313 e. The Hall–Kier alpha value is -1.07. The summed E-state index contributed by atoms with van der Waals surface area (Å²) in [6, 6.07) is 6.07. The molecule has 0 spiro atoms. The van der Waals surface area contributed by atoms with Crippen molar-refractivity contribution in [3.8, 4) is 0 Å². The van der Waals surface area contributed by atoms with Gasteiger partial charge in [-0.3, -0.25) is 4.72 Å². The highest BCUT2D eigenvalue weighted by molar-refractivity contribution is 7.92. The minimum Gasteiger partial charge on any atom is -0.313 e. The zero-order valence-electron chi connectivity index (χ0n) is 13.0. The molecule has 0 aromatic heterocycles. The molecule has 2 N–H and O–H groups in total. The van der Waals surface area contributed by atoms with E-state index < -0.39 is 10.0 Å². The summed E-state index contributed by atoms with van der Waals surface area (Å²) in [4.78, 5) is 0. The van der Waals surface area contributed by atoms with Crippen molar-refractivity contribution in [2.24, 2.45) is 0 Å². The summed E-state index contributed by atoms with van der Waals surface area (Å²) in [7, 11) is -3.31. The Labute approximate surface area is 128 Å². The molecule has 0 bridgehead atoms. The van der Waals surface area contributed by atoms with Gasteiger partial charge in [-0.25, -0.2) is 8.42 Å². The van der Waals surface area contributed by atoms with Gasteiger partial charge in [0.1, 0.15) is 0 Å². The highest BCUT2D eigenvalue weighted by Crippen LogP contribution is 2.24. The van der Waals surface area contributed by atoms with Crippen molar-refractivity contribution >= 4 is 15.7 Å². The van der Waals surface area contributed by atoms with Crippen molar-refractivity contribution < 1.29 is 8.42 Å². The Morgan fingerprint density at radius 2 is 1.86 bits per heavy atom. The lowest BCUT2D eigenvalue weighted by molar-refractivity contribution is 0.424. The highest BCUT2D eigenvalue weighted by Gasteiger charge is 2.22. The van der Waals surface area contributed by atoms with Gasteiger partial charge in [0.25, 0.3) is 0 Å². The van der Waals surface area contributed by atoms with Crippen molar-refractivity contribution in [2.45, 2.75) is 52.0 Å². The third-order valence-electron chi connectivity index (χ3n) is 4.09. The van der Waals surface area contributed by atoms with Crippen molar-refractivity contribution in [3.63, 3.8) is 0 Å². The highest BCUT2D eigenvalue weighted by atomic mass is 32.2. The molecule has 1 saturated heterocycles. The van der Waals surface area contributed by atoms with Crippen molar-refractivity contribution in [3.05, 3.63) is 29.3 Å². The van der Waals surface area contributed by atoms with Crippen LogP contribution in [0.25, 0.3) is 0 Å². The number of hydrogen-bond acceptors (Lipinski definition) is 3. The number of para-hydroxylation sites is 1. The van der Waals surface area contributed by atoms with Crippen LogP contribution in [-0.4, -0.2) is 26.8 Å². The predicted molar refractivity (Wildman–Crippen MR) is 88.2 cm³/mol. The molecule has 1 fully saturated rings. The molecule has 0 aliphatic carbocycles. The summed E-state index contributed by atoms with van der Waals surface area (Å²) in [5.41, 5.74) is 2.92. The molecule has 1 heterocycles. The molecule has 1 aromatic rings. The maximum absolute atomic E-state index is 12.5. The molecule has 2 rings (SSSR count). The van der Waals surface area contributed by atoms with E-state index in [-0.39, 0.29) is 11.8 Å². The third kappa shape index (κ3) is 4.45. The quantitative estimate of drug-likeness (QED) is 0.849. The van der Waals surface area contributed by atoms with E-state index in [1.807, 2.05) is 18.2 Å². The summed E-state index contributed by atoms with van der Waals surface area (Å²) < 4.78 is 27.7. The lowest BCUT2D eigenvalue weighted by Crippen LogP contribution is -2.40. The van der Waals surface area contributed by atoms with Crippen LogP contribution < -0.4 is 10.0 Å². The predicted octanol–water partition coefficient (Wildman–Crippen LogP) is 2.70. The van der Waals surface area contributed by atoms with Gasteiger partial charge in [-0.05, 0) is 43.4 Å². The minimum atomic E-state index is -3.31. The molecule has 1 aromatic carbocycles. The number of hydrogen-bond donors (Lipinski definition) is 2. The molecule has 4 nitrogen and oxygen atoms in total. The fourth-order valence-electron chi connectivity index (χ4n) is 2.90. The van der Waals surface area contributed by atoms with Gasteiger partial charge in [0.15, 0.2) is 0 Å². The van der Waals surface area contributed by atoms with E-state index in [1.165, 1.54) is 0 Å². The Kier molecular flexibility index (Phi) is 5.65. The smallest absolute Gasteiger partial charge is 0.234 e. The van der Waals surface area contributed by atoms with Gasteiger partial charge < -0.3 is 5.32 Å². The molecule has 1 aliphatic heterocycles. The molecule has 0 amide bonds. The van der Waals surface area contributed by atoms with Crippen molar-refractivity contribution in [2.75, 3.05) is 17.0 Å². The molecule has 21 heavy (non-hydrogen) atoms. The lowest BCUT2D eigenvalue weighted by atomic mass is 10.0. The Morgan fingerprint density at radius 1 is 1.19 bits per heavy atom. The molecule has 1 unspecified atom stereocenters. The standard InChI is InChI=1S/C16H26N2O2S/c1-3-13-8-7-9-14(4-2)16(13)18-21(19,20)12-15-10-5-6-11-17-15/h7-9,15,17-18H,3-6,10-12H2,1-2H3. The second kappa shape index (κ2) is 7.27. The Morgan fingerprint density at radius 3 is 2.38 bits per heavy atom. The van der Waals surface area contributed by atoms with Crippen LogP contribution in [0.4, 0.5) is 5.69 Å². The van der Waals surface area contributed by atoms with E-state index in [2.05, 4.69) is 23.9 Å². The number of piperidine rings is 1. The number of rotatable bonds is 6. The topological polar surface area (TPSA) is 58.2 Å². The maximum atomic E-state index is 12.5. The zero-order chi connectivity index (χ0) is 15.3. The van der Waals surface area contributed by atoms with Crippen LogP contribution in [0.5, 0.6) is 0 Å². The number of sulfonamides is 1. The average Bonchev–Trinajstić information content (AvgIpc) is 2.47. The summed E-state index contributed by atoms with van der Waals surface area (Å²) >= 11 is 0. The van der Waals surface area contributed by atoms with Gasteiger partial charge in [-0.15, -0.1) is 0 Å². The lowest BCUT2D eigenvalue weighted by Gasteiger charge is -2.24. The molecule has 0 saturated carbocycles. The number of aryl methyl sites for hydroxylation is 2. The maximum Gasteiger partial charge on any atom is 0.234 e. The minimum absolute atomic E-state index is 0.0788. The number of benzene rings is 1. The second-order valence-corrected chi connectivity index (χ2v) is 7.46. The van der Waals surface area contributed by atoms with E-state index in [0.29, 0.717) is 0 Å². The van der Waals surface area contributed by atoms with Gasteiger partial charge in [0.2, 0.25) is 10.0 Å². The third-order valence-corrected chi connectivity index (χ3v) is 5.45. The summed E-state index contributed by atoms with van der Waals surface area (Å²) in [5, 5.41) is 3.30. The van der Waals surface area contributed by atoms with Crippen molar-refractivity contribution in [1.82, 2.24) is 5.32 Å². The average molecular weight is 310 g/mol. The van der Waals surface area contributed by atoms with Gasteiger partial charge >= 0.3 is 0 Å². The molecular formula is C16H26N2O2S. The Bertz CT molecular complexity index is 541. The fourth-order valence-corrected chi connectivity index (χ4v) is 4.37. The zero-order valence-corrected chi connectivity index (χ0v) is 13.8. The first-order chi connectivity index (χ1) is 10.1. The monoisotopic (exact) mass is 310 g/mol. The number of anilines is 1. The van der Waals surface area contributed by atoms with Gasteiger partial charge in [-0.2, -0.15) is 0 Å². The van der Waals surface area contributed by atoms with Crippen molar-refractivity contribution in [1.29, 1.82) is 0 Å². The molecular weight excluding hydrogens is 284 g/mol. The van der Waals surface area contributed by atoms with Crippen LogP contribution in [0.1, 0.15) is 44.2 Å². The van der Waals surface area contributed by atoms with E-state index in [1.54, 1.807) is 0 Å². The molecule has 118 valence electrons. The molecule has 0 radical (unpaired) electrons. The normalized spacial score (nSPS) is 19.4. The van der Waals surface area contributed by atoms with Crippen LogP contribution >= 0.6 is 0 Å². The first kappa shape index (κ1) is 16.3. The number of nitrogens with one attached hydrogen (secondary N) is 2. The molecule has 1 aliphatic rings. The summed E-state index contributed by atoms with van der Waals surface area (Å²) in [5.74, 6) is 0.161. The van der Waals surface area contributed by atoms with Crippen LogP contribution in [0.3, 0.4) is 0 Å². The van der Waals surface area contributed by atoms with E-state index in [9.17, 15) is 8.42 Å². The first-order valence-corrected chi connectivity index (χ1v) is 9.55. The van der Waals surface area contributed by atoms with Crippen LogP contribution in [-0.2, 0) is 22.9 Å². The first-order valence-electron chi connectivity index (χ1n) is 7.90. The van der Waals surface area contributed by atoms with Gasteiger partial charge in [-0.1, -0.05) is 38.5 Å². The molecule has 5 heteroatoms. The van der Waals surface area contributed by atoms with Gasteiger partial charge in [0, 0.05) is 6.04 Å². The van der Waals surface area contributed by atoms with Crippen LogP contribution in [0.2, 0.25) is 0 Å². The summed E-state index contributed by atoms with van der Waals surface area (Å²) in [6.45, 7) is 5.02. The van der Waals surface area contributed by atoms with Crippen LogP contribution in [0.15, 0.2) is 18.2 Å². The van der Waals surface area contributed by atoms with E-state index >= 15 is 0 Å².